The number of fused-ring (bicyclic) bond motifs is 1. The molecule has 1 nitrogen and oxygen atoms in total. The van der Waals surface area contributed by atoms with Crippen molar-refractivity contribution >= 4 is 17.3 Å². The molecular formula is C11H8OS. The highest BCUT2D eigenvalue weighted by molar-refractivity contribution is 7.80. The van der Waals surface area contributed by atoms with E-state index in [1.807, 2.05) is 42.5 Å². The minimum Gasteiger partial charge on any atom is -0.499 e. The Kier molecular flexibility index (Phi) is 1.99. The molecule has 0 spiro atoms. The van der Waals surface area contributed by atoms with E-state index in [-0.39, 0.29) is 5.05 Å². The van der Waals surface area contributed by atoms with Crippen LogP contribution in [0.5, 0.6) is 0 Å². The first-order valence-electron chi connectivity index (χ1n) is 3.99. The fourth-order valence-corrected chi connectivity index (χ4v) is 1.46. The first-order valence-corrected chi connectivity index (χ1v) is 4.40. The topological polar surface area (TPSA) is 20.2 Å². The molecule has 0 aromatic rings. The van der Waals surface area contributed by atoms with Gasteiger partial charge in [0.15, 0.2) is 5.05 Å². The molecule has 1 N–H and O–H groups in total. The number of thiocarbonyl (C=S) groups is 1. The number of aliphatic hydroxyl groups is 1. The number of hydrogen-bond donors (Lipinski definition) is 1. The van der Waals surface area contributed by atoms with E-state index in [2.05, 4.69) is 12.2 Å². The van der Waals surface area contributed by atoms with Crippen LogP contribution in [0.2, 0.25) is 0 Å². The van der Waals surface area contributed by atoms with Gasteiger partial charge in [0.05, 0.1) is 0 Å². The molecule has 0 aliphatic heterocycles. The molecule has 2 heteroatoms. The summed E-state index contributed by atoms with van der Waals surface area (Å²) in [5.41, 5.74) is 2.91. The van der Waals surface area contributed by atoms with Crippen molar-refractivity contribution in [2.24, 2.45) is 0 Å². The van der Waals surface area contributed by atoms with E-state index in [4.69, 9.17) is 5.11 Å². The molecule has 0 heterocycles. The van der Waals surface area contributed by atoms with Crippen molar-refractivity contribution in [2.45, 2.75) is 0 Å². The second kappa shape index (κ2) is 3.15. The normalized spacial score (nSPS) is 10.2. The van der Waals surface area contributed by atoms with Crippen LogP contribution in [0.25, 0.3) is 11.1 Å². The van der Waals surface area contributed by atoms with Gasteiger partial charge in [-0.15, -0.1) is 0 Å². The molecule has 0 unspecified atom stereocenters. The van der Waals surface area contributed by atoms with Crippen LogP contribution >= 0.6 is 12.2 Å². The van der Waals surface area contributed by atoms with E-state index >= 15 is 0 Å². The summed E-state index contributed by atoms with van der Waals surface area (Å²) in [7, 11) is 0. The molecule has 0 amide bonds. The third-order valence-electron chi connectivity index (χ3n) is 1.98. The maximum atomic E-state index is 9.12. The highest BCUT2D eigenvalue weighted by atomic mass is 32.1. The third kappa shape index (κ3) is 1.53. The molecule has 0 bridgehead atoms. The van der Waals surface area contributed by atoms with Crippen molar-refractivity contribution in [3.8, 4) is 11.1 Å². The Hall–Kier alpha value is -1.41. The van der Waals surface area contributed by atoms with E-state index < -0.39 is 0 Å². The number of hydrogen-bond acceptors (Lipinski definition) is 1. The number of aliphatic hydroxyl groups excluding tert-OH is 1. The molecule has 0 fully saturated rings. The average molecular weight is 188 g/mol. The Balaban J connectivity index is 2.64. The van der Waals surface area contributed by atoms with E-state index in [9.17, 15) is 0 Å². The van der Waals surface area contributed by atoms with Crippen molar-refractivity contribution in [1.82, 2.24) is 0 Å². The fourth-order valence-electron chi connectivity index (χ4n) is 1.34. The van der Waals surface area contributed by atoms with Crippen molar-refractivity contribution in [3.05, 3.63) is 48.0 Å². The van der Waals surface area contributed by atoms with Gasteiger partial charge in [-0.3, -0.25) is 0 Å². The lowest BCUT2D eigenvalue weighted by Gasteiger charge is -1.85. The Morgan fingerprint density at radius 3 is 2.00 bits per heavy atom. The zero-order chi connectivity index (χ0) is 9.26. The summed E-state index contributed by atoms with van der Waals surface area (Å²) in [6.07, 6.45) is 0. The Morgan fingerprint density at radius 1 is 1.00 bits per heavy atom. The summed E-state index contributed by atoms with van der Waals surface area (Å²) in [6, 6.07) is 13.7. The molecule has 64 valence electrons. The summed E-state index contributed by atoms with van der Waals surface area (Å²) in [5, 5.41) is 9.08. The van der Waals surface area contributed by atoms with Gasteiger partial charge >= 0.3 is 0 Å². The molecule has 0 aromatic heterocycles. The quantitative estimate of drug-likeness (QED) is 0.694. The molecule has 0 aromatic carbocycles. The van der Waals surface area contributed by atoms with Crippen molar-refractivity contribution in [3.63, 3.8) is 0 Å². The summed E-state index contributed by atoms with van der Waals surface area (Å²) in [5.74, 6) is 0. The monoisotopic (exact) mass is 188 g/mol. The lowest BCUT2D eigenvalue weighted by molar-refractivity contribution is 0.571. The average Bonchev–Trinajstić information content (AvgIpc) is 2.38. The smallest absolute Gasteiger partial charge is 0.188 e. The molecule has 0 atom stereocenters. The first kappa shape index (κ1) is 8.20. The highest BCUT2D eigenvalue weighted by Crippen LogP contribution is 2.24. The van der Waals surface area contributed by atoms with Crippen LogP contribution in [-0.2, 0) is 0 Å². The molecule has 2 aliphatic rings. The van der Waals surface area contributed by atoms with Gasteiger partial charge in [-0.05, 0) is 35.5 Å². The number of rotatable bonds is 1. The van der Waals surface area contributed by atoms with Crippen LogP contribution in [0.1, 0.15) is 5.56 Å². The minimum atomic E-state index is -0.0427. The van der Waals surface area contributed by atoms with Crippen LogP contribution in [0.3, 0.4) is 0 Å². The summed E-state index contributed by atoms with van der Waals surface area (Å²) < 4.78 is 0. The molecule has 0 radical (unpaired) electrons. The van der Waals surface area contributed by atoms with Crippen LogP contribution < -0.4 is 0 Å². The molecule has 0 saturated carbocycles. The van der Waals surface area contributed by atoms with Crippen molar-refractivity contribution < 1.29 is 5.11 Å². The first-order chi connectivity index (χ1) is 6.27. The molecule has 13 heavy (non-hydrogen) atoms. The van der Waals surface area contributed by atoms with Gasteiger partial charge in [0.1, 0.15) is 0 Å². The zero-order valence-corrected chi connectivity index (χ0v) is 7.71. The Morgan fingerprint density at radius 2 is 1.54 bits per heavy atom. The molecule has 0 saturated heterocycles. The maximum Gasteiger partial charge on any atom is 0.188 e. The lowest BCUT2D eigenvalue weighted by atomic mass is 10.2. The van der Waals surface area contributed by atoms with Gasteiger partial charge in [-0.2, -0.15) is 0 Å². The Labute approximate surface area is 82.0 Å². The van der Waals surface area contributed by atoms with Crippen molar-refractivity contribution in [1.29, 1.82) is 0 Å². The fraction of sp³-hybridized carbons (Fsp3) is 0. The minimum absolute atomic E-state index is 0.0427. The SMILES string of the molecule is OC(=S)c1cc2cccccc-2c1. The van der Waals surface area contributed by atoms with Crippen LogP contribution in [0, 0.1) is 0 Å². The standard InChI is InChI=1S/C11H8OS/c12-11(13)10-6-8-4-2-1-3-5-9(8)7-10/h1-7H,(H,12,13). The predicted molar refractivity (Wildman–Crippen MR) is 57.4 cm³/mol. The largest absolute Gasteiger partial charge is 0.499 e. The van der Waals surface area contributed by atoms with E-state index in [0.717, 1.165) is 16.7 Å². The van der Waals surface area contributed by atoms with Crippen LogP contribution in [0.15, 0.2) is 42.5 Å². The van der Waals surface area contributed by atoms with Crippen LogP contribution in [-0.4, -0.2) is 10.2 Å². The second-order valence-corrected chi connectivity index (χ2v) is 3.26. The summed E-state index contributed by atoms with van der Waals surface area (Å²) in [4.78, 5) is 0. The van der Waals surface area contributed by atoms with E-state index in [1.165, 1.54) is 0 Å². The van der Waals surface area contributed by atoms with Gasteiger partial charge in [-0.1, -0.05) is 30.3 Å². The lowest BCUT2D eigenvalue weighted by Crippen LogP contribution is -1.88. The van der Waals surface area contributed by atoms with Gasteiger partial charge in [-0.25, -0.2) is 0 Å². The second-order valence-electron chi connectivity index (χ2n) is 2.87. The van der Waals surface area contributed by atoms with E-state index in [0.29, 0.717) is 0 Å². The Bertz CT molecular complexity index is 392. The summed E-state index contributed by atoms with van der Waals surface area (Å²) in [6.45, 7) is 0. The summed E-state index contributed by atoms with van der Waals surface area (Å²) >= 11 is 4.68. The van der Waals surface area contributed by atoms with Crippen molar-refractivity contribution in [2.75, 3.05) is 0 Å². The van der Waals surface area contributed by atoms with Gasteiger partial charge in [0.25, 0.3) is 0 Å². The van der Waals surface area contributed by atoms with Gasteiger partial charge in [0, 0.05) is 5.56 Å². The molecule has 2 rings (SSSR count). The third-order valence-corrected chi connectivity index (χ3v) is 2.21. The highest BCUT2D eigenvalue weighted by Gasteiger charge is 2.06. The van der Waals surface area contributed by atoms with Gasteiger partial charge in [0.2, 0.25) is 0 Å². The molecule has 2 aliphatic carbocycles. The zero-order valence-electron chi connectivity index (χ0n) is 6.90. The van der Waals surface area contributed by atoms with Gasteiger partial charge < -0.3 is 5.11 Å². The maximum absolute atomic E-state index is 9.12. The van der Waals surface area contributed by atoms with Crippen LogP contribution in [0.4, 0.5) is 0 Å². The van der Waals surface area contributed by atoms with E-state index in [1.54, 1.807) is 0 Å². The molecular weight excluding hydrogens is 180 g/mol. The predicted octanol–water partition coefficient (Wildman–Crippen LogP) is 3.02.